The molecule has 4 rings (SSSR count). The molecule has 4 aromatic rings. The monoisotopic (exact) mass is 476 g/mol. The maximum absolute atomic E-state index is 12.5. The molecule has 3 aromatic carbocycles. The van der Waals surface area contributed by atoms with Gasteiger partial charge in [0.1, 0.15) is 0 Å². The minimum absolute atomic E-state index is 0.0522. The summed E-state index contributed by atoms with van der Waals surface area (Å²) in [6.45, 7) is 4.82. The Bertz CT molecular complexity index is 1220. The van der Waals surface area contributed by atoms with Gasteiger partial charge in [-0.25, -0.2) is 0 Å². The van der Waals surface area contributed by atoms with Gasteiger partial charge in [-0.1, -0.05) is 85.7 Å². The lowest BCUT2D eigenvalue weighted by atomic mass is 10.0. The van der Waals surface area contributed by atoms with Crippen molar-refractivity contribution in [1.82, 2.24) is 20.1 Å². The number of hydrogen-bond donors (Lipinski definition) is 1. The fourth-order valence-corrected chi connectivity index (χ4v) is 4.42. The number of thioether (sulfide) groups is 1. The molecule has 1 aromatic heterocycles. The van der Waals surface area contributed by atoms with Crippen molar-refractivity contribution < 1.29 is 4.79 Å². The van der Waals surface area contributed by atoms with E-state index in [0.29, 0.717) is 28.5 Å². The van der Waals surface area contributed by atoms with Crippen LogP contribution in [0.3, 0.4) is 0 Å². The van der Waals surface area contributed by atoms with Crippen LogP contribution in [-0.2, 0) is 11.3 Å². The van der Waals surface area contributed by atoms with Crippen molar-refractivity contribution in [2.24, 2.45) is 0 Å². The Balaban J connectivity index is 1.62. The SMILES string of the molecule is CC(C)c1ccccc1-n1c(SCC(=O)NCc2ccccc2)nnc1-c1ccc(Cl)cc1. The number of carbonyl (C=O) groups excluding carboxylic acids is 1. The van der Waals surface area contributed by atoms with Gasteiger partial charge in [-0.15, -0.1) is 10.2 Å². The Morgan fingerprint density at radius 1 is 0.970 bits per heavy atom. The predicted molar refractivity (Wildman–Crippen MR) is 135 cm³/mol. The van der Waals surface area contributed by atoms with E-state index in [1.54, 1.807) is 0 Å². The minimum Gasteiger partial charge on any atom is -0.351 e. The molecule has 0 spiro atoms. The molecular formula is C26H25ClN4OS. The third kappa shape index (κ3) is 5.64. The lowest BCUT2D eigenvalue weighted by molar-refractivity contribution is -0.118. The normalized spacial score (nSPS) is 11.0. The Kier molecular flexibility index (Phi) is 7.47. The molecule has 0 fully saturated rings. The Labute approximate surface area is 203 Å². The largest absolute Gasteiger partial charge is 0.351 e. The smallest absolute Gasteiger partial charge is 0.230 e. The topological polar surface area (TPSA) is 59.8 Å². The van der Waals surface area contributed by atoms with Gasteiger partial charge >= 0.3 is 0 Å². The van der Waals surface area contributed by atoms with E-state index in [0.717, 1.165) is 16.8 Å². The molecule has 1 N–H and O–H groups in total. The first-order chi connectivity index (χ1) is 16.0. The molecule has 0 aliphatic carbocycles. The van der Waals surface area contributed by atoms with Crippen molar-refractivity contribution in [3.8, 4) is 17.1 Å². The van der Waals surface area contributed by atoms with E-state index in [1.807, 2.05) is 71.3 Å². The molecule has 0 bridgehead atoms. The number of benzene rings is 3. The van der Waals surface area contributed by atoms with Gasteiger partial charge in [-0.05, 0) is 47.4 Å². The van der Waals surface area contributed by atoms with E-state index < -0.39 is 0 Å². The second-order valence-corrected chi connectivity index (χ2v) is 9.29. The van der Waals surface area contributed by atoms with Gasteiger partial charge in [-0.2, -0.15) is 0 Å². The average Bonchev–Trinajstić information content (AvgIpc) is 3.26. The van der Waals surface area contributed by atoms with Gasteiger partial charge in [0, 0.05) is 17.1 Å². The molecule has 0 saturated carbocycles. The van der Waals surface area contributed by atoms with E-state index >= 15 is 0 Å². The summed E-state index contributed by atoms with van der Waals surface area (Å²) >= 11 is 7.47. The highest BCUT2D eigenvalue weighted by molar-refractivity contribution is 7.99. The summed E-state index contributed by atoms with van der Waals surface area (Å²) in [5.41, 5.74) is 4.17. The van der Waals surface area contributed by atoms with Gasteiger partial charge in [0.15, 0.2) is 11.0 Å². The molecule has 0 aliphatic heterocycles. The molecule has 168 valence electrons. The number of para-hydroxylation sites is 1. The van der Waals surface area contributed by atoms with Crippen molar-refractivity contribution in [2.45, 2.75) is 31.5 Å². The van der Waals surface area contributed by atoms with Crippen LogP contribution in [0, 0.1) is 0 Å². The molecule has 0 saturated heterocycles. The van der Waals surface area contributed by atoms with Crippen LogP contribution < -0.4 is 5.32 Å². The van der Waals surface area contributed by atoms with Crippen LogP contribution in [0.25, 0.3) is 17.1 Å². The molecule has 0 unspecified atom stereocenters. The van der Waals surface area contributed by atoms with Crippen LogP contribution in [0.5, 0.6) is 0 Å². The zero-order valence-electron chi connectivity index (χ0n) is 18.5. The highest BCUT2D eigenvalue weighted by atomic mass is 35.5. The quantitative estimate of drug-likeness (QED) is 0.311. The summed E-state index contributed by atoms with van der Waals surface area (Å²) in [5.74, 6) is 1.22. The van der Waals surface area contributed by atoms with Crippen molar-refractivity contribution in [2.75, 3.05) is 5.75 Å². The fourth-order valence-electron chi connectivity index (χ4n) is 3.52. The van der Waals surface area contributed by atoms with E-state index in [-0.39, 0.29) is 11.7 Å². The first-order valence-corrected chi connectivity index (χ1v) is 12.1. The zero-order chi connectivity index (χ0) is 23.2. The molecule has 33 heavy (non-hydrogen) atoms. The van der Waals surface area contributed by atoms with Gasteiger partial charge in [0.25, 0.3) is 0 Å². The molecule has 1 amide bonds. The maximum Gasteiger partial charge on any atom is 0.230 e. The third-order valence-electron chi connectivity index (χ3n) is 5.20. The van der Waals surface area contributed by atoms with Gasteiger partial charge in [0.2, 0.25) is 5.91 Å². The highest BCUT2D eigenvalue weighted by Crippen LogP contribution is 2.32. The number of carbonyl (C=O) groups is 1. The third-order valence-corrected chi connectivity index (χ3v) is 6.38. The molecule has 5 nitrogen and oxygen atoms in total. The molecule has 0 radical (unpaired) electrons. The minimum atomic E-state index is -0.0522. The number of aromatic nitrogens is 3. The molecule has 7 heteroatoms. The first kappa shape index (κ1) is 23.1. The van der Waals surface area contributed by atoms with E-state index in [2.05, 4.69) is 41.5 Å². The Morgan fingerprint density at radius 3 is 2.39 bits per heavy atom. The highest BCUT2D eigenvalue weighted by Gasteiger charge is 2.20. The second-order valence-electron chi connectivity index (χ2n) is 7.91. The van der Waals surface area contributed by atoms with Gasteiger partial charge in [0.05, 0.1) is 11.4 Å². The lowest BCUT2D eigenvalue weighted by Crippen LogP contribution is -2.24. The van der Waals surface area contributed by atoms with Gasteiger partial charge in [-0.3, -0.25) is 9.36 Å². The summed E-state index contributed by atoms with van der Waals surface area (Å²) in [6, 6.07) is 25.6. The summed E-state index contributed by atoms with van der Waals surface area (Å²) in [4.78, 5) is 12.5. The number of hydrogen-bond acceptors (Lipinski definition) is 4. The van der Waals surface area contributed by atoms with Gasteiger partial charge < -0.3 is 5.32 Å². The van der Waals surface area contributed by atoms with Crippen LogP contribution in [0.2, 0.25) is 5.02 Å². The van der Waals surface area contributed by atoms with Crippen molar-refractivity contribution in [1.29, 1.82) is 0 Å². The lowest BCUT2D eigenvalue weighted by Gasteiger charge is -2.17. The number of rotatable bonds is 8. The second kappa shape index (κ2) is 10.7. The molecule has 1 heterocycles. The maximum atomic E-state index is 12.5. The van der Waals surface area contributed by atoms with Crippen molar-refractivity contribution in [3.63, 3.8) is 0 Å². The van der Waals surface area contributed by atoms with E-state index in [9.17, 15) is 4.79 Å². The van der Waals surface area contributed by atoms with Crippen LogP contribution in [0.15, 0.2) is 84.0 Å². The average molecular weight is 477 g/mol. The number of nitrogens with zero attached hydrogens (tertiary/aromatic N) is 3. The fraction of sp³-hybridized carbons (Fsp3) is 0.192. The molecular weight excluding hydrogens is 452 g/mol. The number of halogens is 1. The van der Waals surface area contributed by atoms with E-state index in [4.69, 9.17) is 11.6 Å². The first-order valence-electron chi connectivity index (χ1n) is 10.8. The van der Waals surface area contributed by atoms with Crippen molar-refractivity contribution in [3.05, 3.63) is 95.0 Å². The standard InChI is InChI=1S/C26H25ClN4OS/c1-18(2)22-10-6-7-11-23(22)31-25(20-12-14-21(27)15-13-20)29-30-26(31)33-17-24(32)28-16-19-8-4-3-5-9-19/h3-15,18H,16-17H2,1-2H3,(H,28,32). The number of nitrogens with one attached hydrogen (secondary N) is 1. The Morgan fingerprint density at radius 2 is 1.67 bits per heavy atom. The zero-order valence-corrected chi connectivity index (χ0v) is 20.1. The molecule has 0 aliphatic rings. The summed E-state index contributed by atoms with van der Waals surface area (Å²) < 4.78 is 2.04. The summed E-state index contributed by atoms with van der Waals surface area (Å²) in [5, 5.41) is 13.2. The van der Waals surface area contributed by atoms with Crippen LogP contribution in [0.4, 0.5) is 0 Å². The van der Waals surface area contributed by atoms with E-state index in [1.165, 1.54) is 17.3 Å². The van der Waals surface area contributed by atoms with Crippen LogP contribution >= 0.6 is 23.4 Å². The molecule has 0 atom stereocenters. The number of amides is 1. The predicted octanol–water partition coefficient (Wildman–Crippen LogP) is 6.12. The van der Waals surface area contributed by atoms with Crippen LogP contribution in [0.1, 0.15) is 30.9 Å². The summed E-state index contributed by atoms with van der Waals surface area (Å²) in [7, 11) is 0. The van der Waals surface area contributed by atoms with Crippen LogP contribution in [-0.4, -0.2) is 26.4 Å². The van der Waals surface area contributed by atoms with Crippen molar-refractivity contribution >= 4 is 29.3 Å². The Hall–Kier alpha value is -3.09. The summed E-state index contributed by atoms with van der Waals surface area (Å²) in [6.07, 6.45) is 0.